The predicted molar refractivity (Wildman–Crippen MR) is 90.6 cm³/mol. The molecule has 1 aliphatic heterocycles. The third kappa shape index (κ3) is 2.28. The maximum absolute atomic E-state index is 12.7. The summed E-state index contributed by atoms with van der Waals surface area (Å²) in [6.45, 7) is 0.532. The molecule has 4 rings (SSSR count). The Morgan fingerprint density at radius 2 is 1.92 bits per heavy atom. The number of aryl methyl sites for hydroxylation is 1. The van der Waals surface area contributed by atoms with Crippen molar-refractivity contribution >= 4 is 28.2 Å². The Morgan fingerprint density at radius 3 is 2.71 bits per heavy atom. The third-order valence-corrected chi connectivity index (χ3v) is 4.07. The standard InChI is InChI=1S/C18H15N3O3/c22-12-6-7-14-13(10-12)20-17-16(15(23)8-9-21(14)17)18(24)19-11-4-2-1-3-5-11/h1-7,10,22-23H,8-9H2,(H,19,24). The number of aliphatic hydroxyl groups is 1. The second-order valence-corrected chi connectivity index (χ2v) is 5.65. The molecule has 0 unspecified atom stereocenters. The first kappa shape index (κ1) is 14.3. The van der Waals surface area contributed by atoms with Crippen LogP contribution in [0.2, 0.25) is 0 Å². The Bertz CT molecular complexity index is 974. The van der Waals surface area contributed by atoms with Crippen molar-refractivity contribution in [2.45, 2.75) is 13.0 Å². The lowest BCUT2D eigenvalue weighted by molar-refractivity contribution is -0.111. The van der Waals surface area contributed by atoms with E-state index in [9.17, 15) is 15.0 Å². The molecule has 0 radical (unpaired) electrons. The molecule has 3 N–H and O–H groups in total. The van der Waals surface area contributed by atoms with Gasteiger partial charge in [0.05, 0.1) is 11.0 Å². The first-order chi connectivity index (χ1) is 11.6. The Morgan fingerprint density at radius 1 is 1.12 bits per heavy atom. The number of amides is 1. The number of aliphatic hydroxyl groups excluding tert-OH is 1. The lowest BCUT2D eigenvalue weighted by Gasteiger charge is -2.18. The number of phenolic OH excluding ortho intramolecular Hbond substituents is 1. The van der Waals surface area contributed by atoms with E-state index >= 15 is 0 Å². The molecule has 1 amide bonds. The van der Waals surface area contributed by atoms with E-state index in [0.29, 0.717) is 30.0 Å². The first-order valence-corrected chi connectivity index (χ1v) is 7.61. The van der Waals surface area contributed by atoms with Crippen molar-refractivity contribution in [1.29, 1.82) is 0 Å². The largest absolute Gasteiger partial charge is 0.511 e. The van der Waals surface area contributed by atoms with E-state index in [4.69, 9.17) is 0 Å². The van der Waals surface area contributed by atoms with Crippen LogP contribution in [0.5, 0.6) is 5.75 Å². The Balaban J connectivity index is 1.78. The zero-order chi connectivity index (χ0) is 16.7. The number of para-hydroxylation sites is 1. The van der Waals surface area contributed by atoms with Gasteiger partial charge in [0.1, 0.15) is 22.9 Å². The molecule has 6 heteroatoms. The summed E-state index contributed by atoms with van der Waals surface area (Å²) in [7, 11) is 0. The smallest absolute Gasteiger partial charge is 0.262 e. The molecular weight excluding hydrogens is 306 g/mol. The molecule has 1 aliphatic rings. The molecule has 0 atom stereocenters. The fourth-order valence-electron chi connectivity index (χ4n) is 2.95. The van der Waals surface area contributed by atoms with Gasteiger partial charge in [-0.2, -0.15) is 0 Å². The second kappa shape index (κ2) is 5.42. The van der Waals surface area contributed by atoms with Gasteiger partial charge in [0.15, 0.2) is 0 Å². The molecule has 0 bridgehead atoms. The summed E-state index contributed by atoms with van der Waals surface area (Å²) < 4.78 is 1.88. The van der Waals surface area contributed by atoms with Crippen LogP contribution in [0.1, 0.15) is 12.2 Å². The molecule has 0 saturated carbocycles. The number of aromatic nitrogens is 2. The van der Waals surface area contributed by atoms with Crippen molar-refractivity contribution in [2.24, 2.45) is 0 Å². The SMILES string of the molecule is O=C(Nc1ccccc1)C1=C(O)CCn2c1nc1cc(O)ccc12. The minimum atomic E-state index is -0.404. The summed E-state index contributed by atoms with van der Waals surface area (Å²) in [6.07, 6.45) is 0.358. The lowest BCUT2D eigenvalue weighted by Crippen LogP contribution is -2.22. The summed E-state index contributed by atoms with van der Waals surface area (Å²) in [4.78, 5) is 17.1. The van der Waals surface area contributed by atoms with Gasteiger partial charge in [-0.1, -0.05) is 18.2 Å². The van der Waals surface area contributed by atoms with E-state index in [1.807, 2.05) is 22.8 Å². The number of rotatable bonds is 2. The molecule has 0 saturated heterocycles. The number of anilines is 1. The van der Waals surface area contributed by atoms with Gasteiger partial charge in [0.2, 0.25) is 0 Å². The number of phenols is 1. The fourth-order valence-corrected chi connectivity index (χ4v) is 2.95. The van der Waals surface area contributed by atoms with Crippen LogP contribution in [-0.2, 0) is 11.3 Å². The van der Waals surface area contributed by atoms with E-state index < -0.39 is 5.91 Å². The summed E-state index contributed by atoms with van der Waals surface area (Å²) in [5.74, 6) is 0.142. The van der Waals surface area contributed by atoms with Crippen molar-refractivity contribution in [3.05, 3.63) is 60.1 Å². The van der Waals surface area contributed by atoms with Crippen LogP contribution < -0.4 is 5.32 Å². The molecule has 24 heavy (non-hydrogen) atoms. The number of allylic oxidation sites excluding steroid dienone is 1. The first-order valence-electron chi connectivity index (χ1n) is 7.61. The average molecular weight is 321 g/mol. The molecule has 120 valence electrons. The highest BCUT2D eigenvalue weighted by atomic mass is 16.3. The normalized spacial score (nSPS) is 13.8. The number of hydrogen-bond acceptors (Lipinski definition) is 4. The topological polar surface area (TPSA) is 87.4 Å². The Labute approximate surface area is 137 Å². The fraction of sp³-hybridized carbons (Fsp3) is 0.111. The maximum Gasteiger partial charge on any atom is 0.262 e. The Hall–Kier alpha value is -3.28. The molecule has 2 heterocycles. The van der Waals surface area contributed by atoms with Gasteiger partial charge in [-0.15, -0.1) is 0 Å². The van der Waals surface area contributed by atoms with Crippen LogP contribution in [0, 0.1) is 0 Å². The van der Waals surface area contributed by atoms with Gasteiger partial charge in [-0.3, -0.25) is 4.79 Å². The third-order valence-electron chi connectivity index (χ3n) is 4.07. The van der Waals surface area contributed by atoms with Crippen molar-refractivity contribution in [2.75, 3.05) is 5.32 Å². The van der Waals surface area contributed by atoms with Crippen molar-refractivity contribution in [3.8, 4) is 5.75 Å². The number of aromatic hydroxyl groups is 1. The van der Waals surface area contributed by atoms with Gasteiger partial charge >= 0.3 is 0 Å². The quantitative estimate of drug-likeness (QED) is 0.677. The highest BCUT2D eigenvalue weighted by Gasteiger charge is 2.28. The lowest BCUT2D eigenvalue weighted by atomic mass is 10.1. The van der Waals surface area contributed by atoms with Crippen molar-refractivity contribution in [3.63, 3.8) is 0 Å². The molecule has 0 spiro atoms. The van der Waals surface area contributed by atoms with Gasteiger partial charge in [-0.05, 0) is 24.3 Å². The summed E-state index contributed by atoms with van der Waals surface area (Å²) in [5.41, 5.74) is 2.22. The maximum atomic E-state index is 12.7. The highest BCUT2D eigenvalue weighted by molar-refractivity contribution is 6.25. The molecular formula is C18H15N3O3. The van der Waals surface area contributed by atoms with Gasteiger partial charge < -0.3 is 20.1 Å². The average Bonchev–Trinajstić information content (AvgIpc) is 2.92. The van der Waals surface area contributed by atoms with Crippen LogP contribution in [0.15, 0.2) is 54.3 Å². The number of nitrogens with one attached hydrogen (secondary N) is 1. The summed E-state index contributed by atoms with van der Waals surface area (Å²) in [6, 6.07) is 13.9. The van der Waals surface area contributed by atoms with Gasteiger partial charge in [-0.25, -0.2) is 4.98 Å². The zero-order valence-corrected chi connectivity index (χ0v) is 12.7. The van der Waals surface area contributed by atoms with E-state index in [1.54, 1.807) is 30.3 Å². The molecule has 0 aliphatic carbocycles. The molecule has 3 aromatic rings. The summed E-state index contributed by atoms with van der Waals surface area (Å²) >= 11 is 0. The Kier molecular flexibility index (Phi) is 3.23. The van der Waals surface area contributed by atoms with Crippen LogP contribution in [0.25, 0.3) is 16.6 Å². The number of benzene rings is 2. The van der Waals surface area contributed by atoms with E-state index in [2.05, 4.69) is 10.3 Å². The van der Waals surface area contributed by atoms with Gasteiger partial charge in [0.25, 0.3) is 5.91 Å². The van der Waals surface area contributed by atoms with Crippen LogP contribution >= 0.6 is 0 Å². The minimum absolute atomic E-state index is 0.0236. The zero-order valence-electron chi connectivity index (χ0n) is 12.7. The van der Waals surface area contributed by atoms with E-state index in [0.717, 1.165) is 5.52 Å². The van der Waals surface area contributed by atoms with Crippen LogP contribution in [-0.4, -0.2) is 25.7 Å². The number of nitrogens with zero attached hydrogens (tertiary/aromatic N) is 2. The van der Waals surface area contributed by atoms with Crippen LogP contribution in [0.3, 0.4) is 0 Å². The number of fused-ring (bicyclic) bond motifs is 3. The monoisotopic (exact) mass is 321 g/mol. The summed E-state index contributed by atoms with van der Waals surface area (Å²) in [5, 5.41) is 22.7. The second-order valence-electron chi connectivity index (χ2n) is 5.65. The molecule has 0 fully saturated rings. The van der Waals surface area contributed by atoms with Gasteiger partial charge in [0, 0.05) is 24.7 Å². The number of imidazole rings is 1. The highest BCUT2D eigenvalue weighted by Crippen LogP contribution is 2.31. The molecule has 2 aromatic carbocycles. The van der Waals surface area contributed by atoms with Crippen molar-refractivity contribution < 1.29 is 15.0 Å². The molecule has 1 aromatic heterocycles. The van der Waals surface area contributed by atoms with Crippen molar-refractivity contribution in [1.82, 2.24) is 9.55 Å². The van der Waals surface area contributed by atoms with E-state index in [-0.39, 0.29) is 17.1 Å². The van der Waals surface area contributed by atoms with Crippen LogP contribution in [0.4, 0.5) is 5.69 Å². The van der Waals surface area contributed by atoms with E-state index in [1.165, 1.54) is 0 Å². The number of carbonyl (C=O) groups excluding carboxylic acids is 1. The number of carbonyl (C=O) groups is 1. The predicted octanol–water partition coefficient (Wildman–Crippen LogP) is 3.05. The minimum Gasteiger partial charge on any atom is -0.511 e. The number of hydrogen-bond donors (Lipinski definition) is 3. The molecule has 6 nitrogen and oxygen atoms in total.